The Kier molecular flexibility index (Phi) is 2.68. The number of hydrogen-bond donors (Lipinski definition) is 1. The Bertz CT molecular complexity index is 305. The first-order valence-electron chi connectivity index (χ1n) is 5.11. The van der Waals surface area contributed by atoms with Crippen LogP contribution in [0.4, 0.5) is 5.69 Å². The van der Waals surface area contributed by atoms with Gasteiger partial charge in [0.2, 0.25) is 0 Å². The minimum absolute atomic E-state index is 0.755. The standard InChI is InChI=1S/C11H17N3/c1-14(2)11-5-6-12-7-9(11)8-13-10-3-4-10/h5-7,10,13H,3-4,8H2,1-2H3. The molecule has 76 valence electrons. The van der Waals surface area contributed by atoms with Crippen molar-refractivity contribution in [2.75, 3.05) is 19.0 Å². The van der Waals surface area contributed by atoms with E-state index in [9.17, 15) is 0 Å². The van der Waals surface area contributed by atoms with Crippen molar-refractivity contribution in [3.63, 3.8) is 0 Å². The Balaban J connectivity index is 2.05. The molecule has 1 saturated carbocycles. The normalized spacial score (nSPS) is 15.6. The summed E-state index contributed by atoms with van der Waals surface area (Å²) >= 11 is 0. The maximum Gasteiger partial charge on any atom is 0.0437 e. The van der Waals surface area contributed by atoms with Gasteiger partial charge in [-0.15, -0.1) is 0 Å². The summed E-state index contributed by atoms with van der Waals surface area (Å²) in [4.78, 5) is 6.29. The lowest BCUT2D eigenvalue weighted by Crippen LogP contribution is -2.19. The van der Waals surface area contributed by atoms with Gasteiger partial charge in [-0.3, -0.25) is 4.98 Å². The molecule has 2 rings (SSSR count). The predicted molar refractivity (Wildman–Crippen MR) is 58.4 cm³/mol. The molecule has 0 aromatic carbocycles. The molecule has 0 aliphatic heterocycles. The summed E-state index contributed by atoms with van der Waals surface area (Å²) in [6.45, 7) is 0.937. The molecular weight excluding hydrogens is 174 g/mol. The first-order valence-corrected chi connectivity index (χ1v) is 5.11. The Morgan fingerprint density at radius 1 is 1.50 bits per heavy atom. The summed E-state index contributed by atoms with van der Waals surface area (Å²) in [5, 5.41) is 3.50. The van der Waals surface area contributed by atoms with Gasteiger partial charge in [-0.05, 0) is 18.9 Å². The highest BCUT2D eigenvalue weighted by Crippen LogP contribution is 2.21. The van der Waals surface area contributed by atoms with Crippen LogP contribution in [0.15, 0.2) is 18.5 Å². The van der Waals surface area contributed by atoms with Crippen LogP contribution in [-0.4, -0.2) is 25.1 Å². The summed E-state index contributed by atoms with van der Waals surface area (Å²) < 4.78 is 0. The molecule has 0 spiro atoms. The van der Waals surface area contributed by atoms with Crippen LogP contribution >= 0.6 is 0 Å². The van der Waals surface area contributed by atoms with E-state index < -0.39 is 0 Å². The van der Waals surface area contributed by atoms with Gasteiger partial charge in [0, 0.05) is 50.3 Å². The molecule has 14 heavy (non-hydrogen) atoms. The highest BCUT2D eigenvalue weighted by Gasteiger charge is 2.20. The van der Waals surface area contributed by atoms with Crippen molar-refractivity contribution in [3.8, 4) is 0 Å². The summed E-state index contributed by atoms with van der Waals surface area (Å²) in [6, 6.07) is 2.81. The van der Waals surface area contributed by atoms with Crippen LogP contribution in [0.3, 0.4) is 0 Å². The van der Waals surface area contributed by atoms with E-state index >= 15 is 0 Å². The molecule has 0 atom stereocenters. The molecule has 1 aliphatic carbocycles. The zero-order valence-corrected chi connectivity index (χ0v) is 8.83. The molecule has 1 aromatic rings. The molecule has 1 fully saturated rings. The third kappa shape index (κ3) is 2.23. The fourth-order valence-corrected chi connectivity index (χ4v) is 1.53. The predicted octanol–water partition coefficient (Wildman–Crippen LogP) is 1.40. The van der Waals surface area contributed by atoms with Crippen molar-refractivity contribution in [2.24, 2.45) is 0 Å². The maximum absolute atomic E-state index is 4.16. The maximum atomic E-state index is 4.16. The van der Waals surface area contributed by atoms with E-state index in [1.165, 1.54) is 24.1 Å². The van der Waals surface area contributed by atoms with Gasteiger partial charge in [0.1, 0.15) is 0 Å². The molecule has 1 aliphatic rings. The second-order valence-electron chi connectivity index (χ2n) is 4.05. The van der Waals surface area contributed by atoms with E-state index in [2.05, 4.69) is 35.4 Å². The number of hydrogen-bond acceptors (Lipinski definition) is 3. The van der Waals surface area contributed by atoms with Crippen molar-refractivity contribution in [3.05, 3.63) is 24.0 Å². The van der Waals surface area contributed by atoms with Crippen molar-refractivity contribution >= 4 is 5.69 Å². The van der Waals surface area contributed by atoms with Gasteiger partial charge in [0.25, 0.3) is 0 Å². The number of nitrogens with one attached hydrogen (secondary N) is 1. The minimum Gasteiger partial charge on any atom is -0.377 e. The number of pyridine rings is 1. The van der Waals surface area contributed by atoms with Gasteiger partial charge in [-0.1, -0.05) is 0 Å². The van der Waals surface area contributed by atoms with Crippen LogP contribution in [0.1, 0.15) is 18.4 Å². The van der Waals surface area contributed by atoms with Crippen LogP contribution in [-0.2, 0) is 6.54 Å². The fourth-order valence-electron chi connectivity index (χ4n) is 1.53. The van der Waals surface area contributed by atoms with Gasteiger partial charge >= 0.3 is 0 Å². The summed E-state index contributed by atoms with van der Waals surface area (Å²) in [5.41, 5.74) is 2.54. The molecule has 3 nitrogen and oxygen atoms in total. The Labute approximate surface area is 85.1 Å². The SMILES string of the molecule is CN(C)c1ccncc1CNC1CC1. The second-order valence-corrected chi connectivity index (χ2v) is 4.05. The summed E-state index contributed by atoms with van der Waals surface area (Å²) in [6.07, 6.45) is 6.45. The molecule has 0 radical (unpaired) electrons. The average Bonchev–Trinajstić information content (AvgIpc) is 2.98. The van der Waals surface area contributed by atoms with E-state index in [1.807, 2.05) is 12.4 Å². The topological polar surface area (TPSA) is 28.2 Å². The fraction of sp³-hybridized carbons (Fsp3) is 0.545. The van der Waals surface area contributed by atoms with Crippen LogP contribution in [0.25, 0.3) is 0 Å². The number of aromatic nitrogens is 1. The average molecular weight is 191 g/mol. The Morgan fingerprint density at radius 3 is 2.93 bits per heavy atom. The van der Waals surface area contributed by atoms with Gasteiger partial charge in [-0.25, -0.2) is 0 Å². The molecule has 3 heteroatoms. The first kappa shape index (κ1) is 9.46. The minimum atomic E-state index is 0.755. The molecule has 1 N–H and O–H groups in total. The lowest BCUT2D eigenvalue weighted by Gasteiger charge is -2.16. The van der Waals surface area contributed by atoms with Crippen molar-refractivity contribution in [1.29, 1.82) is 0 Å². The summed E-state index contributed by atoms with van der Waals surface area (Å²) in [5.74, 6) is 0. The van der Waals surface area contributed by atoms with Crippen molar-refractivity contribution in [2.45, 2.75) is 25.4 Å². The van der Waals surface area contributed by atoms with Crippen LogP contribution in [0.5, 0.6) is 0 Å². The highest BCUT2D eigenvalue weighted by molar-refractivity contribution is 5.50. The molecule has 1 heterocycles. The lowest BCUT2D eigenvalue weighted by atomic mass is 10.2. The van der Waals surface area contributed by atoms with E-state index in [4.69, 9.17) is 0 Å². The van der Waals surface area contributed by atoms with Gasteiger partial charge in [-0.2, -0.15) is 0 Å². The lowest BCUT2D eigenvalue weighted by molar-refractivity contribution is 0.685. The van der Waals surface area contributed by atoms with E-state index in [-0.39, 0.29) is 0 Å². The summed E-state index contributed by atoms with van der Waals surface area (Å²) in [7, 11) is 4.13. The molecule has 0 unspecified atom stereocenters. The third-order valence-corrected chi connectivity index (χ3v) is 2.52. The Morgan fingerprint density at radius 2 is 2.29 bits per heavy atom. The monoisotopic (exact) mass is 191 g/mol. The van der Waals surface area contributed by atoms with E-state index in [1.54, 1.807) is 0 Å². The molecule has 0 saturated heterocycles. The third-order valence-electron chi connectivity index (χ3n) is 2.52. The second kappa shape index (κ2) is 3.96. The van der Waals surface area contributed by atoms with Gasteiger partial charge in [0.15, 0.2) is 0 Å². The largest absolute Gasteiger partial charge is 0.377 e. The number of anilines is 1. The van der Waals surface area contributed by atoms with Crippen LogP contribution < -0.4 is 10.2 Å². The smallest absolute Gasteiger partial charge is 0.0437 e. The quantitative estimate of drug-likeness (QED) is 0.779. The van der Waals surface area contributed by atoms with Crippen molar-refractivity contribution in [1.82, 2.24) is 10.3 Å². The van der Waals surface area contributed by atoms with E-state index in [0.29, 0.717) is 0 Å². The van der Waals surface area contributed by atoms with E-state index in [0.717, 1.165) is 12.6 Å². The van der Waals surface area contributed by atoms with Crippen molar-refractivity contribution < 1.29 is 0 Å². The molecular formula is C11H17N3. The van der Waals surface area contributed by atoms with Crippen LogP contribution in [0, 0.1) is 0 Å². The zero-order valence-electron chi connectivity index (χ0n) is 8.83. The first-order chi connectivity index (χ1) is 6.77. The zero-order chi connectivity index (χ0) is 9.97. The number of rotatable bonds is 4. The molecule has 0 amide bonds. The van der Waals surface area contributed by atoms with Gasteiger partial charge < -0.3 is 10.2 Å². The van der Waals surface area contributed by atoms with Gasteiger partial charge in [0.05, 0.1) is 0 Å². The molecule has 0 bridgehead atoms. The molecule has 1 aromatic heterocycles. The van der Waals surface area contributed by atoms with Crippen LogP contribution in [0.2, 0.25) is 0 Å². The Hall–Kier alpha value is -1.09. The number of nitrogens with zero attached hydrogens (tertiary/aromatic N) is 2. The highest BCUT2D eigenvalue weighted by atomic mass is 15.1.